The molecule has 0 aliphatic rings. The molecule has 0 heterocycles. The molecule has 0 aromatic heterocycles. The van der Waals surface area contributed by atoms with Gasteiger partial charge in [-0.15, -0.1) is 12.4 Å². The van der Waals surface area contributed by atoms with Gasteiger partial charge in [-0.3, -0.25) is 4.79 Å². The van der Waals surface area contributed by atoms with Gasteiger partial charge in [0.25, 0.3) is 0 Å². The Bertz CT molecular complexity index is 644. The van der Waals surface area contributed by atoms with Gasteiger partial charge >= 0.3 is 5.97 Å². The molecule has 0 saturated heterocycles. The molecule has 2 rings (SSSR count). The van der Waals surface area contributed by atoms with E-state index in [0.29, 0.717) is 16.5 Å². The summed E-state index contributed by atoms with van der Waals surface area (Å²) in [5.41, 5.74) is 8.71. The molecule has 0 amide bonds. The van der Waals surface area contributed by atoms with Crippen molar-refractivity contribution in [1.29, 1.82) is 0 Å². The van der Waals surface area contributed by atoms with Crippen LogP contribution in [0.1, 0.15) is 5.56 Å². The van der Waals surface area contributed by atoms with Crippen molar-refractivity contribution in [2.24, 2.45) is 5.73 Å². The Balaban J connectivity index is 0.00000242. The van der Waals surface area contributed by atoms with Crippen LogP contribution >= 0.6 is 35.6 Å². The number of nitrogens with two attached hydrogens (primary N) is 1. The van der Waals surface area contributed by atoms with Gasteiger partial charge in [0.1, 0.15) is 6.04 Å². The normalized spacial score (nSPS) is 11.5. The second-order valence-corrected chi connectivity index (χ2v) is 5.47. The summed E-state index contributed by atoms with van der Waals surface area (Å²) in [7, 11) is 1.33. The monoisotopic (exact) mass is 359 g/mol. The lowest BCUT2D eigenvalue weighted by Gasteiger charge is -2.10. The number of rotatable bonds is 4. The average Bonchev–Trinajstić information content (AvgIpc) is 2.50. The largest absolute Gasteiger partial charge is 0.468 e. The molecule has 22 heavy (non-hydrogen) atoms. The summed E-state index contributed by atoms with van der Waals surface area (Å²) >= 11 is 11.9. The maximum Gasteiger partial charge on any atom is 0.322 e. The van der Waals surface area contributed by atoms with E-state index < -0.39 is 12.0 Å². The molecule has 2 aromatic carbocycles. The van der Waals surface area contributed by atoms with E-state index in [9.17, 15) is 4.79 Å². The van der Waals surface area contributed by atoms with Crippen LogP contribution in [-0.2, 0) is 16.0 Å². The Morgan fingerprint density at radius 1 is 1.09 bits per heavy atom. The standard InChI is InChI=1S/C16H15Cl2NO2.ClH/c1-21-16(20)15(19)8-10-2-4-11(5-3-10)12-6-7-13(17)14(18)9-12;/h2-7,9,15H,8,19H2,1H3;1H. The minimum atomic E-state index is -0.647. The Morgan fingerprint density at radius 2 is 1.68 bits per heavy atom. The van der Waals surface area contributed by atoms with Crippen molar-refractivity contribution in [3.8, 4) is 11.1 Å². The molecule has 118 valence electrons. The topological polar surface area (TPSA) is 52.3 Å². The number of ether oxygens (including phenoxy) is 1. The lowest BCUT2D eigenvalue weighted by atomic mass is 10.0. The first-order valence-electron chi connectivity index (χ1n) is 6.39. The van der Waals surface area contributed by atoms with Crippen molar-refractivity contribution >= 4 is 41.6 Å². The summed E-state index contributed by atoms with van der Waals surface area (Å²) in [5, 5.41) is 1.05. The molecular formula is C16H16Cl3NO2. The lowest BCUT2D eigenvalue weighted by Crippen LogP contribution is -2.33. The Morgan fingerprint density at radius 3 is 2.23 bits per heavy atom. The summed E-state index contributed by atoms with van der Waals surface area (Å²) in [5.74, 6) is -0.413. The van der Waals surface area contributed by atoms with Gasteiger partial charge in [0.05, 0.1) is 17.2 Å². The first-order valence-corrected chi connectivity index (χ1v) is 7.14. The molecule has 0 spiro atoms. The predicted molar refractivity (Wildman–Crippen MR) is 92.8 cm³/mol. The second kappa shape index (κ2) is 8.39. The molecule has 1 atom stereocenters. The van der Waals surface area contributed by atoms with Crippen LogP contribution in [0.25, 0.3) is 11.1 Å². The number of benzene rings is 2. The van der Waals surface area contributed by atoms with Gasteiger partial charge in [-0.1, -0.05) is 53.5 Å². The zero-order valence-corrected chi connectivity index (χ0v) is 14.2. The summed E-state index contributed by atoms with van der Waals surface area (Å²) in [6.07, 6.45) is 0.439. The smallest absolute Gasteiger partial charge is 0.322 e. The fourth-order valence-electron chi connectivity index (χ4n) is 2.00. The quantitative estimate of drug-likeness (QED) is 0.834. The second-order valence-electron chi connectivity index (χ2n) is 4.66. The molecule has 2 N–H and O–H groups in total. The fourth-order valence-corrected chi connectivity index (χ4v) is 2.30. The Kier molecular flexibility index (Phi) is 7.17. The Hall–Kier alpha value is -1.26. The number of carbonyl (C=O) groups excluding carboxylic acids is 1. The zero-order chi connectivity index (χ0) is 15.4. The third-order valence-corrected chi connectivity index (χ3v) is 3.91. The van der Waals surface area contributed by atoms with Gasteiger partial charge in [-0.05, 0) is 35.2 Å². The van der Waals surface area contributed by atoms with Gasteiger partial charge in [0, 0.05) is 0 Å². The van der Waals surface area contributed by atoms with Crippen LogP contribution in [0.2, 0.25) is 10.0 Å². The van der Waals surface area contributed by atoms with Crippen LogP contribution < -0.4 is 5.73 Å². The van der Waals surface area contributed by atoms with E-state index in [0.717, 1.165) is 16.7 Å². The van der Waals surface area contributed by atoms with Crippen LogP contribution in [0, 0.1) is 0 Å². The van der Waals surface area contributed by atoms with E-state index in [2.05, 4.69) is 4.74 Å². The van der Waals surface area contributed by atoms with E-state index in [4.69, 9.17) is 28.9 Å². The molecule has 0 saturated carbocycles. The number of hydrogen-bond donors (Lipinski definition) is 1. The fraction of sp³-hybridized carbons (Fsp3) is 0.188. The van der Waals surface area contributed by atoms with Crippen LogP contribution in [0.5, 0.6) is 0 Å². The van der Waals surface area contributed by atoms with Crippen LogP contribution in [0.3, 0.4) is 0 Å². The molecule has 2 aromatic rings. The summed E-state index contributed by atoms with van der Waals surface area (Å²) < 4.78 is 4.61. The van der Waals surface area contributed by atoms with Crippen LogP contribution in [-0.4, -0.2) is 19.1 Å². The van der Waals surface area contributed by atoms with Gasteiger partial charge in [-0.25, -0.2) is 0 Å². The van der Waals surface area contributed by atoms with Crippen molar-refractivity contribution in [3.05, 3.63) is 58.1 Å². The molecule has 0 aliphatic heterocycles. The highest BCUT2D eigenvalue weighted by atomic mass is 35.5. The van der Waals surface area contributed by atoms with Crippen molar-refractivity contribution in [2.75, 3.05) is 7.11 Å². The molecule has 0 radical (unpaired) electrons. The highest BCUT2D eigenvalue weighted by Crippen LogP contribution is 2.28. The van der Waals surface area contributed by atoms with E-state index >= 15 is 0 Å². The number of hydrogen-bond acceptors (Lipinski definition) is 3. The first kappa shape index (κ1) is 18.8. The van der Waals surface area contributed by atoms with Gasteiger partial charge in [0.15, 0.2) is 0 Å². The average molecular weight is 361 g/mol. The summed E-state index contributed by atoms with van der Waals surface area (Å²) in [6, 6.07) is 12.6. The molecule has 6 heteroatoms. The van der Waals surface area contributed by atoms with Crippen molar-refractivity contribution < 1.29 is 9.53 Å². The van der Waals surface area contributed by atoms with Gasteiger partial charge in [-0.2, -0.15) is 0 Å². The van der Waals surface area contributed by atoms with Gasteiger partial charge < -0.3 is 10.5 Å². The molecule has 0 aliphatic carbocycles. The van der Waals surface area contributed by atoms with Crippen molar-refractivity contribution in [1.82, 2.24) is 0 Å². The summed E-state index contributed by atoms with van der Waals surface area (Å²) in [4.78, 5) is 11.3. The highest BCUT2D eigenvalue weighted by molar-refractivity contribution is 6.42. The summed E-state index contributed by atoms with van der Waals surface area (Å²) in [6.45, 7) is 0. The highest BCUT2D eigenvalue weighted by Gasteiger charge is 2.14. The van der Waals surface area contributed by atoms with E-state index in [1.54, 1.807) is 6.07 Å². The van der Waals surface area contributed by atoms with E-state index in [-0.39, 0.29) is 12.4 Å². The third-order valence-electron chi connectivity index (χ3n) is 3.17. The van der Waals surface area contributed by atoms with Crippen molar-refractivity contribution in [3.63, 3.8) is 0 Å². The number of methoxy groups -OCH3 is 1. The SMILES string of the molecule is COC(=O)C(N)Cc1ccc(-c2ccc(Cl)c(Cl)c2)cc1.Cl. The molecule has 1 unspecified atom stereocenters. The predicted octanol–water partition coefficient (Wildman–Crippen LogP) is 4.13. The van der Waals surface area contributed by atoms with E-state index in [1.165, 1.54) is 7.11 Å². The first-order chi connectivity index (χ1) is 10.0. The molecule has 3 nitrogen and oxygen atoms in total. The number of esters is 1. The number of carbonyl (C=O) groups is 1. The van der Waals surface area contributed by atoms with Crippen LogP contribution in [0.4, 0.5) is 0 Å². The zero-order valence-electron chi connectivity index (χ0n) is 11.9. The maximum absolute atomic E-state index is 11.3. The van der Waals surface area contributed by atoms with Crippen molar-refractivity contribution in [2.45, 2.75) is 12.5 Å². The van der Waals surface area contributed by atoms with Gasteiger partial charge in [0.2, 0.25) is 0 Å². The minimum Gasteiger partial charge on any atom is -0.468 e. The molecule has 0 bridgehead atoms. The number of halogens is 3. The molecule has 0 fully saturated rings. The van der Waals surface area contributed by atoms with E-state index in [1.807, 2.05) is 36.4 Å². The Labute approximate surface area is 145 Å². The third kappa shape index (κ3) is 4.62. The minimum absolute atomic E-state index is 0. The molecular weight excluding hydrogens is 345 g/mol. The van der Waals surface area contributed by atoms with Crippen LogP contribution in [0.15, 0.2) is 42.5 Å². The lowest BCUT2D eigenvalue weighted by molar-refractivity contribution is -0.142. The maximum atomic E-state index is 11.3.